The van der Waals surface area contributed by atoms with E-state index in [9.17, 15) is 8.42 Å². The third-order valence-electron chi connectivity index (χ3n) is 4.50. The van der Waals surface area contributed by atoms with Crippen LogP contribution in [0.25, 0.3) is 0 Å². The van der Waals surface area contributed by atoms with Crippen molar-refractivity contribution in [2.24, 2.45) is 5.14 Å². The highest BCUT2D eigenvalue weighted by molar-refractivity contribution is 7.90. The maximum absolute atomic E-state index is 11.7. The summed E-state index contributed by atoms with van der Waals surface area (Å²) in [6.45, 7) is 0.296. The lowest BCUT2D eigenvalue weighted by Crippen LogP contribution is -2.53. The highest BCUT2D eigenvalue weighted by atomic mass is 32.2. The third-order valence-corrected chi connectivity index (χ3v) is 6.26. The molecule has 1 fully saturated rings. The Kier molecular flexibility index (Phi) is 3.41. The van der Waals surface area contributed by atoms with Crippen LogP contribution in [-0.4, -0.2) is 29.7 Å². The molecule has 2 aliphatic rings. The lowest BCUT2D eigenvalue weighted by molar-refractivity contribution is 0.351. The van der Waals surface area contributed by atoms with E-state index in [0.717, 1.165) is 31.4 Å². The molecular formula is C13H20N4O2S. The maximum atomic E-state index is 11.7. The Morgan fingerprint density at radius 2 is 2.00 bits per heavy atom. The van der Waals surface area contributed by atoms with Gasteiger partial charge in [0.2, 0.25) is 16.0 Å². The minimum absolute atomic E-state index is 0.296. The summed E-state index contributed by atoms with van der Waals surface area (Å²) in [7, 11) is -3.53. The first-order valence-corrected chi connectivity index (χ1v) is 8.66. The summed E-state index contributed by atoms with van der Waals surface area (Å²) in [6, 6.07) is 0. The number of nitrogens with two attached hydrogens (primary N) is 1. The summed E-state index contributed by atoms with van der Waals surface area (Å²) >= 11 is 0. The van der Waals surface area contributed by atoms with Gasteiger partial charge in [0, 0.05) is 18.4 Å². The van der Waals surface area contributed by atoms with Gasteiger partial charge in [-0.05, 0) is 44.1 Å². The Labute approximate surface area is 119 Å². The highest BCUT2D eigenvalue weighted by Crippen LogP contribution is 2.37. The number of sulfonamides is 1. The Bertz CT molecular complexity index is 611. The smallest absolute Gasteiger partial charge is 0.222 e. The van der Waals surface area contributed by atoms with Gasteiger partial charge in [-0.2, -0.15) is 0 Å². The Morgan fingerprint density at radius 3 is 2.65 bits per heavy atom. The van der Waals surface area contributed by atoms with Gasteiger partial charge < -0.3 is 5.32 Å². The molecule has 0 atom stereocenters. The van der Waals surface area contributed by atoms with Crippen LogP contribution in [-0.2, 0) is 22.9 Å². The molecule has 0 radical (unpaired) electrons. The molecule has 1 aromatic rings. The number of nitrogens with one attached hydrogen (secondary N) is 1. The van der Waals surface area contributed by atoms with Gasteiger partial charge in [-0.3, -0.25) is 0 Å². The van der Waals surface area contributed by atoms with Crippen LogP contribution in [0, 0.1) is 0 Å². The van der Waals surface area contributed by atoms with E-state index < -0.39 is 14.8 Å². The van der Waals surface area contributed by atoms with E-state index >= 15 is 0 Å². The van der Waals surface area contributed by atoms with Crippen molar-refractivity contribution < 1.29 is 8.42 Å². The van der Waals surface area contributed by atoms with E-state index in [4.69, 9.17) is 5.14 Å². The predicted octanol–water partition coefficient (Wildman–Crippen LogP) is 0.978. The molecule has 0 saturated heterocycles. The number of rotatable bonds is 4. The number of fused-ring (bicyclic) bond motifs is 1. The van der Waals surface area contributed by atoms with Crippen molar-refractivity contribution in [3.8, 4) is 0 Å². The molecule has 0 aromatic carbocycles. The lowest BCUT2D eigenvalue weighted by atomic mass is 9.84. The summed E-state index contributed by atoms with van der Waals surface area (Å²) in [4.78, 5) is 8.78. The molecule has 0 unspecified atom stereocenters. The van der Waals surface area contributed by atoms with E-state index in [1.807, 2.05) is 6.20 Å². The largest absolute Gasteiger partial charge is 0.353 e. The topological polar surface area (TPSA) is 98.0 Å². The van der Waals surface area contributed by atoms with Crippen molar-refractivity contribution >= 4 is 16.0 Å². The molecule has 3 rings (SSSR count). The molecule has 7 heteroatoms. The van der Waals surface area contributed by atoms with Gasteiger partial charge in [-0.15, -0.1) is 0 Å². The molecule has 0 aliphatic heterocycles. The average molecular weight is 296 g/mol. The number of hydrogen-bond acceptors (Lipinski definition) is 5. The predicted molar refractivity (Wildman–Crippen MR) is 76.9 cm³/mol. The van der Waals surface area contributed by atoms with E-state index in [1.54, 1.807) is 0 Å². The minimum atomic E-state index is -3.53. The van der Waals surface area contributed by atoms with E-state index in [-0.39, 0.29) is 0 Å². The zero-order chi connectivity index (χ0) is 14.2. The first-order valence-electron chi connectivity index (χ1n) is 7.11. The molecule has 1 heterocycles. The summed E-state index contributed by atoms with van der Waals surface area (Å²) in [5.74, 6) is 0.514. The average Bonchev–Trinajstić information content (AvgIpc) is 2.35. The molecular weight excluding hydrogens is 276 g/mol. The van der Waals surface area contributed by atoms with Gasteiger partial charge in [0.15, 0.2) is 0 Å². The second-order valence-electron chi connectivity index (χ2n) is 5.81. The van der Waals surface area contributed by atoms with Crippen molar-refractivity contribution in [2.45, 2.75) is 49.7 Å². The second-order valence-corrected chi connectivity index (χ2v) is 7.76. The number of aromatic nitrogens is 2. The summed E-state index contributed by atoms with van der Waals surface area (Å²) in [6.07, 6.45) is 8.36. The van der Waals surface area contributed by atoms with Crippen LogP contribution in [0.4, 0.5) is 5.95 Å². The van der Waals surface area contributed by atoms with Crippen LogP contribution in [0.5, 0.6) is 0 Å². The fourth-order valence-corrected chi connectivity index (χ4v) is 4.06. The van der Waals surface area contributed by atoms with Crippen molar-refractivity contribution in [2.75, 3.05) is 11.9 Å². The summed E-state index contributed by atoms with van der Waals surface area (Å²) < 4.78 is 22.5. The molecule has 2 aliphatic carbocycles. The number of aryl methyl sites for hydroxylation is 2. The van der Waals surface area contributed by atoms with Gasteiger partial charge >= 0.3 is 0 Å². The molecule has 3 N–H and O–H groups in total. The maximum Gasteiger partial charge on any atom is 0.222 e. The SMILES string of the molecule is NS(=O)(=O)C1(CNc2ncc3c(n2)CCCC3)CCC1. The van der Waals surface area contributed by atoms with Gasteiger partial charge in [-0.25, -0.2) is 23.5 Å². The van der Waals surface area contributed by atoms with Crippen LogP contribution < -0.4 is 10.5 Å². The van der Waals surface area contributed by atoms with Crippen LogP contribution in [0.3, 0.4) is 0 Å². The van der Waals surface area contributed by atoms with Crippen molar-refractivity contribution in [3.63, 3.8) is 0 Å². The Hall–Kier alpha value is -1.21. The molecule has 1 saturated carbocycles. The third kappa shape index (κ3) is 2.40. The van der Waals surface area contributed by atoms with Crippen molar-refractivity contribution in [1.29, 1.82) is 0 Å². The number of anilines is 1. The number of primary sulfonamides is 1. The molecule has 0 bridgehead atoms. The van der Waals surface area contributed by atoms with E-state index in [0.29, 0.717) is 25.3 Å². The molecule has 0 amide bonds. The zero-order valence-corrected chi connectivity index (χ0v) is 12.2. The van der Waals surface area contributed by atoms with E-state index in [2.05, 4.69) is 15.3 Å². The standard InChI is InChI=1S/C13H20N4O2S/c14-20(18,19)13(6-3-7-13)9-16-12-15-8-10-4-1-2-5-11(10)17-12/h8H,1-7,9H2,(H2,14,18,19)(H,15,16,17). The van der Waals surface area contributed by atoms with Gasteiger partial charge in [0.1, 0.15) is 4.75 Å². The van der Waals surface area contributed by atoms with Crippen LogP contribution in [0.15, 0.2) is 6.20 Å². The summed E-state index contributed by atoms with van der Waals surface area (Å²) in [5, 5.41) is 8.40. The summed E-state index contributed by atoms with van der Waals surface area (Å²) in [5.41, 5.74) is 2.30. The highest BCUT2D eigenvalue weighted by Gasteiger charge is 2.47. The lowest BCUT2D eigenvalue weighted by Gasteiger charge is -2.39. The fraction of sp³-hybridized carbons (Fsp3) is 0.692. The van der Waals surface area contributed by atoms with Crippen LogP contribution in [0.1, 0.15) is 43.4 Å². The van der Waals surface area contributed by atoms with Crippen LogP contribution >= 0.6 is 0 Å². The minimum Gasteiger partial charge on any atom is -0.353 e. The number of nitrogens with zero attached hydrogens (tertiary/aromatic N) is 2. The van der Waals surface area contributed by atoms with Gasteiger partial charge in [0.05, 0.1) is 0 Å². The van der Waals surface area contributed by atoms with E-state index in [1.165, 1.54) is 12.0 Å². The van der Waals surface area contributed by atoms with Crippen molar-refractivity contribution in [3.05, 3.63) is 17.5 Å². The Morgan fingerprint density at radius 1 is 1.25 bits per heavy atom. The molecule has 0 spiro atoms. The molecule has 1 aromatic heterocycles. The van der Waals surface area contributed by atoms with Gasteiger partial charge in [0.25, 0.3) is 0 Å². The quantitative estimate of drug-likeness (QED) is 0.863. The molecule has 110 valence electrons. The Balaban J connectivity index is 1.72. The second kappa shape index (κ2) is 4.96. The van der Waals surface area contributed by atoms with Gasteiger partial charge in [-0.1, -0.05) is 6.42 Å². The number of hydrogen-bond donors (Lipinski definition) is 2. The first kappa shape index (κ1) is 13.8. The van der Waals surface area contributed by atoms with Crippen molar-refractivity contribution in [1.82, 2.24) is 9.97 Å². The molecule has 6 nitrogen and oxygen atoms in total. The first-order chi connectivity index (χ1) is 9.50. The zero-order valence-electron chi connectivity index (χ0n) is 11.4. The fourth-order valence-electron chi connectivity index (χ4n) is 2.93. The monoisotopic (exact) mass is 296 g/mol. The normalized spacial score (nSPS) is 20.9. The van der Waals surface area contributed by atoms with Crippen LogP contribution in [0.2, 0.25) is 0 Å². The molecule has 20 heavy (non-hydrogen) atoms.